The fourth-order valence-corrected chi connectivity index (χ4v) is 1.64. The number of carboxylic acid groups (broad SMARTS) is 1. The molecule has 82 valence electrons. The highest BCUT2D eigenvalue weighted by Crippen LogP contribution is 2.22. The molecule has 0 saturated heterocycles. The highest BCUT2D eigenvalue weighted by Gasteiger charge is 2.18. The Kier molecular flexibility index (Phi) is 4.59. The normalized spacial score (nSPS) is 12.4. The average Bonchev–Trinajstić information content (AvgIpc) is 2.18. The minimum atomic E-state index is -0.812. The van der Waals surface area contributed by atoms with Gasteiger partial charge in [-0.25, -0.2) is 0 Å². The molecular formula is C11H14ClNO2. The predicted molar refractivity (Wildman–Crippen MR) is 60.4 cm³/mol. The van der Waals surface area contributed by atoms with Crippen LogP contribution < -0.4 is 5.32 Å². The first-order chi connectivity index (χ1) is 7.15. The van der Waals surface area contributed by atoms with E-state index < -0.39 is 11.9 Å². The van der Waals surface area contributed by atoms with Crippen molar-refractivity contribution in [3.8, 4) is 0 Å². The lowest BCUT2D eigenvalue weighted by Crippen LogP contribution is -2.18. The Hall–Kier alpha value is -1.06. The minimum absolute atomic E-state index is 0.490. The molecule has 0 aromatic heterocycles. The van der Waals surface area contributed by atoms with Crippen molar-refractivity contribution in [3.05, 3.63) is 34.9 Å². The summed E-state index contributed by atoms with van der Waals surface area (Å²) < 4.78 is 0. The lowest BCUT2D eigenvalue weighted by atomic mass is 9.96. The zero-order valence-corrected chi connectivity index (χ0v) is 9.29. The number of halogens is 1. The standard InChI is InChI=1S/C11H14ClNO2/c1-13-6-5-10(11(14)15)8-3-2-4-9(12)7-8/h2-4,7,10,13H,5-6H2,1H3,(H,14,15). The monoisotopic (exact) mass is 227 g/mol. The fourth-order valence-electron chi connectivity index (χ4n) is 1.44. The minimum Gasteiger partial charge on any atom is -0.481 e. The molecule has 4 heteroatoms. The van der Waals surface area contributed by atoms with Crippen LogP contribution in [0.25, 0.3) is 0 Å². The van der Waals surface area contributed by atoms with Gasteiger partial charge in [-0.15, -0.1) is 0 Å². The van der Waals surface area contributed by atoms with Gasteiger partial charge in [0.1, 0.15) is 0 Å². The van der Waals surface area contributed by atoms with Crippen molar-refractivity contribution in [2.75, 3.05) is 13.6 Å². The third kappa shape index (κ3) is 3.53. The lowest BCUT2D eigenvalue weighted by Gasteiger charge is -2.12. The van der Waals surface area contributed by atoms with Crippen LogP contribution in [0.3, 0.4) is 0 Å². The van der Waals surface area contributed by atoms with Crippen LogP contribution in [-0.4, -0.2) is 24.7 Å². The molecule has 0 aliphatic rings. The first-order valence-electron chi connectivity index (χ1n) is 4.78. The van der Waals surface area contributed by atoms with Crippen LogP contribution in [0.5, 0.6) is 0 Å². The number of rotatable bonds is 5. The Bertz CT molecular complexity index is 341. The van der Waals surface area contributed by atoms with Gasteiger partial charge in [-0.1, -0.05) is 23.7 Å². The van der Waals surface area contributed by atoms with E-state index in [9.17, 15) is 4.79 Å². The summed E-state index contributed by atoms with van der Waals surface area (Å²) in [6.07, 6.45) is 0.562. The topological polar surface area (TPSA) is 49.3 Å². The zero-order valence-electron chi connectivity index (χ0n) is 8.53. The molecule has 0 saturated carbocycles. The average molecular weight is 228 g/mol. The van der Waals surface area contributed by atoms with Crippen LogP contribution >= 0.6 is 11.6 Å². The van der Waals surface area contributed by atoms with Crippen LogP contribution in [0.4, 0.5) is 0 Å². The van der Waals surface area contributed by atoms with Crippen molar-refractivity contribution < 1.29 is 9.90 Å². The Morgan fingerprint density at radius 3 is 2.87 bits per heavy atom. The number of carbonyl (C=O) groups is 1. The molecular weight excluding hydrogens is 214 g/mol. The largest absolute Gasteiger partial charge is 0.481 e. The van der Waals surface area contributed by atoms with E-state index in [0.717, 1.165) is 5.56 Å². The second-order valence-corrected chi connectivity index (χ2v) is 3.77. The summed E-state index contributed by atoms with van der Waals surface area (Å²) in [6, 6.07) is 7.01. The number of aliphatic carboxylic acids is 1. The zero-order chi connectivity index (χ0) is 11.3. The number of hydrogen-bond donors (Lipinski definition) is 2. The summed E-state index contributed by atoms with van der Waals surface area (Å²) in [7, 11) is 1.80. The molecule has 1 rings (SSSR count). The van der Waals surface area contributed by atoms with E-state index in [0.29, 0.717) is 18.0 Å². The molecule has 0 radical (unpaired) electrons. The molecule has 0 amide bonds. The van der Waals surface area contributed by atoms with E-state index in [1.54, 1.807) is 31.3 Å². The van der Waals surface area contributed by atoms with Gasteiger partial charge in [-0.3, -0.25) is 4.79 Å². The van der Waals surface area contributed by atoms with Crippen LogP contribution in [0.15, 0.2) is 24.3 Å². The summed E-state index contributed by atoms with van der Waals surface area (Å²) in [5.74, 6) is -1.30. The molecule has 0 heterocycles. The summed E-state index contributed by atoms with van der Waals surface area (Å²) >= 11 is 5.82. The smallest absolute Gasteiger partial charge is 0.311 e. The first kappa shape index (κ1) is 12.0. The van der Waals surface area contributed by atoms with Crippen LogP contribution in [0.2, 0.25) is 5.02 Å². The van der Waals surface area contributed by atoms with Crippen molar-refractivity contribution in [2.45, 2.75) is 12.3 Å². The van der Waals surface area contributed by atoms with E-state index in [2.05, 4.69) is 5.32 Å². The third-order valence-electron chi connectivity index (χ3n) is 2.23. The highest BCUT2D eigenvalue weighted by atomic mass is 35.5. The molecule has 0 spiro atoms. The van der Waals surface area contributed by atoms with Gasteiger partial charge in [0.15, 0.2) is 0 Å². The van der Waals surface area contributed by atoms with Crippen molar-refractivity contribution in [1.29, 1.82) is 0 Å². The molecule has 2 N–H and O–H groups in total. The number of carboxylic acids is 1. The molecule has 1 aromatic rings. The van der Waals surface area contributed by atoms with E-state index in [1.807, 2.05) is 0 Å². The van der Waals surface area contributed by atoms with Crippen molar-refractivity contribution in [1.82, 2.24) is 5.32 Å². The van der Waals surface area contributed by atoms with Gasteiger partial charge in [0.2, 0.25) is 0 Å². The summed E-state index contributed by atoms with van der Waals surface area (Å²) in [5.41, 5.74) is 0.755. The van der Waals surface area contributed by atoms with Gasteiger partial charge < -0.3 is 10.4 Å². The second kappa shape index (κ2) is 5.73. The van der Waals surface area contributed by atoms with Gasteiger partial charge in [-0.05, 0) is 37.7 Å². The molecule has 1 aromatic carbocycles. The van der Waals surface area contributed by atoms with Gasteiger partial charge in [0, 0.05) is 5.02 Å². The Labute approximate surface area is 94.1 Å². The predicted octanol–water partition coefficient (Wildman–Crippen LogP) is 2.12. The Morgan fingerprint density at radius 2 is 2.33 bits per heavy atom. The fraction of sp³-hybridized carbons (Fsp3) is 0.364. The molecule has 0 bridgehead atoms. The van der Waals surface area contributed by atoms with E-state index in [4.69, 9.17) is 16.7 Å². The van der Waals surface area contributed by atoms with E-state index in [1.165, 1.54) is 0 Å². The Morgan fingerprint density at radius 1 is 1.60 bits per heavy atom. The number of nitrogens with one attached hydrogen (secondary N) is 1. The SMILES string of the molecule is CNCCC(C(=O)O)c1cccc(Cl)c1. The quantitative estimate of drug-likeness (QED) is 0.810. The lowest BCUT2D eigenvalue weighted by molar-refractivity contribution is -0.138. The van der Waals surface area contributed by atoms with Gasteiger partial charge >= 0.3 is 5.97 Å². The third-order valence-corrected chi connectivity index (χ3v) is 2.47. The number of hydrogen-bond acceptors (Lipinski definition) is 2. The molecule has 1 atom stereocenters. The second-order valence-electron chi connectivity index (χ2n) is 3.34. The maximum Gasteiger partial charge on any atom is 0.311 e. The molecule has 0 aliphatic carbocycles. The van der Waals surface area contributed by atoms with Crippen molar-refractivity contribution >= 4 is 17.6 Å². The number of benzene rings is 1. The highest BCUT2D eigenvalue weighted by molar-refractivity contribution is 6.30. The maximum atomic E-state index is 11.0. The van der Waals surface area contributed by atoms with Crippen molar-refractivity contribution in [2.24, 2.45) is 0 Å². The van der Waals surface area contributed by atoms with Gasteiger partial charge in [0.25, 0.3) is 0 Å². The van der Waals surface area contributed by atoms with E-state index >= 15 is 0 Å². The van der Waals surface area contributed by atoms with E-state index in [-0.39, 0.29) is 0 Å². The van der Waals surface area contributed by atoms with Gasteiger partial charge in [0.05, 0.1) is 5.92 Å². The molecule has 0 aliphatic heterocycles. The summed E-state index contributed by atoms with van der Waals surface area (Å²) in [4.78, 5) is 11.0. The van der Waals surface area contributed by atoms with Gasteiger partial charge in [-0.2, -0.15) is 0 Å². The molecule has 3 nitrogen and oxygen atoms in total. The van der Waals surface area contributed by atoms with Crippen LogP contribution in [0.1, 0.15) is 17.9 Å². The molecule has 0 fully saturated rings. The summed E-state index contributed by atoms with van der Waals surface area (Å²) in [5, 5.41) is 12.6. The first-order valence-corrected chi connectivity index (χ1v) is 5.16. The maximum absolute atomic E-state index is 11.0. The Balaban J connectivity index is 2.84. The summed E-state index contributed by atoms with van der Waals surface area (Å²) in [6.45, 7) is 0.670. The molecule has 15 heavy (non-hydrogen) atoms. The van der Waals surface area contributed by atoms with Crippen LogP contribution in [-0.2, 0) is 4.79 Å². The molecule has 1 unspecified atom stereocenters. The van der Waals surface area contributed by atoms with Crippen molar-refractivity contribution in [3.63, 3.8) is 0 Å². The van der Waals surface area contributed by atoms with Crippen LogP contribution in [0, 0.1) is 0 Å².